The molecule has 1 amide bonds. The Morgan fingerprint density at radius 3 is 2.12 bits per heavy atom. The van der Waals surface area contributed by atoms with Crippen LogP contribution in [-0.2, 0) is 0 Å². The van der Waals surface area contributed by atoms with Gasteiger partial charge in [0.05, 0.1) is 23.2 Å². The Kier molecular flexibility index (Phi) is 6.59. The second kappa shape index (κ2) is 8.46. The molecule has 2 rings (SSSR count). The van der Waals surface area contributed by atoms with Crippen LogP contribution in [0, 0.1) is 0 Å². The lowest BCUT2D eigenvalue weighted by atomic mass is 10.2. The van der Waals surface area contributed by atoms with Crippen LogP contribution in [0.15, 0.2) is 45.3 Å². The molecule has 126 valence electrons. The van der Waals surface area contributed by atoms with E-state index in [1.165, 1.54) is 0 Å². The Morgan fingerprint density at radius 2 is 1.58 bits per heavy atom. The monoisotopic (exact) mass is 472 g/mol. The van der Waals surface area contributed by atoms with Crippen LogP contribution >= 0.6 is 44.1 Å². The summed E-state index contributed by atoms with van der Waals surface area (Å²) in [6.45, 7) is 0. The number of methoxy groups -OCH3 is 2. The number of ether oxygens (including phenoxy) is 2. The number of thiocarbonyl (C=S) groups is 1. The number of hydrogen-bond acceptors (Lipinski definition) is 4. The molecule has 2 N–H and O–H groups in total. The second-order valence-electron chi connectivity index (χ2n) is 4.61. The second-order valence-corrected chi connectivity index (χ2v) is 6.72. The first-order valence-electron chi connectivity index (χ1n) is 6.74. The molecule has 0 saturated carbocycles. The van der Waals surface area contributed by atoms with E-state index >= 15 is 0 Å². The third kappa shape index (κ3) is 4.68. The van der Waals surface area contributed by atoms with Crippen molar-refractivity contribution in [3.8, 4) is 11.5 Å². The van der Waals surface area contributed by atoms with Crippen molar-refractivity contribution in [3.63, 3.8) is 0 Å². The molecule has 2 aromatic rings. The SMILES string of the molecule is COc1ccc(NC(=S)NC(=O)c2ccc(OC)c(Br)c2)cc1Br. The number of anilines is 1. The van der Waals surface area contributed by atoms with E-state index in [0.29, 0.717) is 21.5 Å². The lowest BCUT2D eigenvalue weighted by Crippen LogP contribution is -2.34. The predicted molar refractivity (Wildman–Crippen MR) is 105 cm³/mol. The van der Waals surface area contributed by atoms with Gasteiger partial charge in [0.2, 0.25) is 0 Å². The molecule has 0 bridgehead atoms. The molecule has 0 atom stereocenters. The number of hydrogen-bond donors (Lipinski definition) is 2. The van der Waals surface area contributed by atoms with Crippen LogP contribution in [0.25, 0.3) is 0 Å². The Balaban J connectivity index is 2.02. The molecule has 0 saturated heterocycles. The summed E-state index contributed by atoms with van der Waals surface area (Å²) in [6.07, 6.45) is 0. The fourth-order valence-corrected chi connectivity index (χ4v) is 3.18. The number of rotatable bonds is 4. The molecule has 5 nitrogen and oxygen atoms in total. The third-order valence-corrected chi connectivity index (χ3v) is 4.49. The average Bonchev–Trinajstić information content (AvgIpc) is 2.54. The Labute approximate surface area is 162 Å². The van der Waals surface area contributed by atoms with Gasteiger partial charge in [-0.05, 0) is 80.5 Å². The van der Waals surface area contributed by atoms with Crippen LogP contribution < -0.4 is 20.1 Å². The molecule has 0 unspecified atom stereocenters. The van der Waals surface area contributed by atoms with Crippen LogP contribution in [0.5, 0.6) is 11.5 Å². The van der Waals surface area contributed by atoms with Crippen molar-refractivity contribution in [1.82, 2.24) is 5.32 Å². The van der Waals surface area contributed by atoms with Crippen molar-refractivity contribution in [2.45, 2.75) is 0 Å². The molecule has 24 heavy (non-hydrogen) atoms. The normalized spacial score (nSPS) is 10.0. The van der Waals surface area contributed by atoms with Crippen LogP contribution in [0.3, 0.4) is 0 Å². The number of benzene rings is 2. The van der Waals surface area contributed by atoms with Gasteiger partial charge in [0, 0.05) is 11.3 Å². The van der Waals surface area contributed by atoms with E-state index < -0.39 is 0 Å². The maximum Gasteiger partial charge on any atom is 0.257 e. The van der Waals surface area contributed by atoms with Crippen molar-refractivity contribution < 1.29 is 14.3 Å². The zero-order valence-electron chi connectivity index (χ0n) is 12.9. The van der Waals surface area contributed by atoms with Crippen LogP contribution in [0.2, 0.25) is 0 Å². The summed E-state index contributed by atoms with van der Waals surface area (Å²) < 4.78 is 11.8. The number of amides is 1. The van der Waals surface area contributed by atoms with Crippen molar-refractivity contribution >= 4 is 60.8 Å². The van der Waals surface area contributed by atoms with Gasteiger partial charge in [0.15, 0.2) is 5.11 Å². The fourth-order valence-electron chi connectivity index (χ4n) is 1.89. The molecule has 0 heterocycles. The zero-order valence-corrected chi connectivity index (χ0v) is 16.8. The summed E-state index contributed by atoms with van der Waals surface area (Å²) in [5.74, 6) is 1.04. The largest absolute Gasteiger partial charge is 0.496 e. The molecular formula is C16H14Br2N2O3S. The molecule has 0 aliphatic rings. The quantitative estimate of drug-likeness (QED) is 0.646. The highest BCUT2D eigenvalue weighted by atomic mass is 79.9. The van der Waals surface area contributed by atoms with E-state index in [1.54, 1.807) is 50.6 Å². The molecule has 0 aliphatic heterocycles. The standard InChI is InChI=1S/C16H14Br2N2O3S/c1-22-13-5-3-9(7-11(13)17)15(21)20-16(24)19-10-4-6-14(23-2)12(18)8-10/h3-8H,1-2H3,(H2,19,20,21,24). The zero-order chi connectivity index (χ0) is 17.7. The van der Waals surface area contributed by atoms with Crippen LogP contribution in [0.1, 0.15) is 10.4 Å². The minimum Gasteiger partial charge on any atom is -0.496 e. The molecule has 0 radical (unpaired) electrons. The van der Waals surface area contributed by atoms with Crippen LogP contribution in [-0.4, -0.2) is 25.2 Å². The first kappa shape index (κ1) is 18.7. The molecule has 2 aromatic carbocycles. The van der Waals surface area contributed by atoms with E-state index in [4.69, 9.17) is 21.7 Å². The maximum atomic E-state index is 12.2. The van der Waals surface area contributed by atoms with E-state index in [1.807, 2.05) is 0 Å². The predicted octanol–water partition coefficient (Wildman–Crippen LogP) is 4.36. The van der Waals surface area contributed by atoms with E-state index in [9.17, 15) is 4.79 Å². The molecule has 0 spiro atoms. The molecular weight excluding hydrogens is 460 g/mol. The fraction of sp³-hybridized carbons (Fsp3) is 0.125. The summed E-state index contributed by atoms with van der Waals surface area (Å²) in [4.78, 5) is 12.2. The number of nitrogens with one attached hydrogen (secondary N) is 2. The maximum absolute atomic E-state index is 12.2. The summed E-state index contributed by atoms with van der Waals surface area (Å²) in [6, 6.07) is 10.4. The topological polar surface area (TPSA) is 59.6 Å². The van der Waals surface area contributed by atoms with Gasteiger partial charge < -0.3 is 14.8 Å². The lowest BCUT2D eigenvalue weighted by Gasteiger charge is -2.12. The van der Waals surface area contributed by atoms with E-state index in [2.05, 4.69) is 42.5 Å². The highest BCUT2D eigenvalue weighted by molar-refractivity contribution is 9.10. The van der Waals surface area contributed by atoms with Gasteiger partial charge in [-0.2, -0.15) is 0 Å². The Hall–Kier alpha value is -1.64. The van der Waals surface area contributed by atoms with Gasteiger partial charge in [-0.15, -0.1) is 0 Å². The minimum atomic E-state index is -0.316. The molecule has 0 aromatic heterocycles. The summed E-state index contributed by atoms with van der Waals surface area (Å²) in [5, 5.41) is 5.78. The number of halogens is 2. The van der Waals surface area contributed by atoms with Crippen molar-refractivity contribution in [3.05, 3.63) is 50.9 Å². The third-order valence-electron chi connectivity index (χ3n) is 3.05. The Morgan fingerprint density at radius 1 is 1.00 bits per heavy atom. The van der Waals surface area contributed by atoms with Crippen molar-refractivity contribution in [2.75, 3.05) is 19.5 Å². The average molecular weight is 474 g/mol. The van der Waals surface area contributed by atoms with E-state index in [0.717, 1.165) is 10.2 Å². The Bertz CT molecular complexity index is 784. The summed E-state index contributed by atoms with van der Waals surface area (Å²) in [5.41, 5.74) is 1.19. The van der Waals surface area contributed by atoms with Gasteiger partial charge in [-0.25, -0.2) is 0 Å². The van der Waals surface area contributed by atoms with Crippen LogP contribution in [0.4, 0.5) is 5.69 Å². The summed E-state index contributed by atoms with van der Waals surface area (Å²) >= 11 is 11.9. The van der Waals surface area contributed by atoms with Crippen molar-refractivity contribution in [1.29, 1.82) is 0 Å². The van der Waals surface area contributed by atoms with Gasteiger partial charge in [-0.3, -0.25) is 10.1 Å². The highest BCUT2D eigenvalue weighted by Gasteiger charge is 2.11. The first-order valence-corrected chi connectivity index (χ1v) is 8.73. The van der Waals surface area contributed by atoms with Gasteiger partial charge in [0.1, 0.15) is 11.5 Å². The van der Waals surface area contributed by atoms with E-state index in [-0.39, 0.29) is 11.0 Å². The molecule has 0 aliphatic carbocycles. The molecule has 8 heteroatoms. The number of carbonyl (C=O) groups is 1. The highest BCUT2D eigenvalue weighted by Crippen LogP contribution is 2.28. The minimum absolute atomic E-state index is 0.198. The first-order chi connectivity index (χ1) is 11.4. The lowest BCUT2D eigenvalue weighted by molar-refractivity contribution is 0.0977. The molecule has 0 fully saturated rings. The van der Waals surface area contributed by atoms with Gasteiger partial charge >= 0.3 is 0 Å². The summed E-state index contributed by atoms with van der Waals surface area (Å²) in [7, 11) is 3.15. The van der Waals surface area contributed by atoms with Crippen molar-refractivity contribution in [2.24, 2.45) is 0 Å². The number of carbonyl (C=O) groups excluding carboxylic acids is 1. The van der Waals surface area contributed by atoms with Gasteiger partial charge in [0.25, 0.3) is 5.91 Å². The smallest absolute Gasteiger partial charge is 0.257 e. The van der Waals surface area contributed by atoms with Gasteiger partial charge in [-0.1, -0.05) is 0 Å².